The maximum Gasteiger partial charge on any atom is 0.416 e. The molecule has 0 saturated carbocycles. The molecule has 0 unspecified atom stereocenters. The molecule has 0 spiro atoms. The van der Waals surface area contributed by atoms with Gasteiger partial charge in [0.2, 0.25) is 0 Å². The summed E-state index contributed by atoms with van der Waals surface area (Å²) in [5, 5.41) is 12.0. The Morgan fingerprint density at radius 1 is 1.18 bits per heavy atom. The fourth-order valence-corrected chi connectivity index (χ4v) is 3.02. The van der Waals surface area contributed by atoms with E-state index in [9.17, 15) is 14.0 Å². The maximum atomic E-state index is 13.9. The first-order valence-electron chi connectivity index (χ1n) is 9.00. The van der Waals surface area contributed by atoms with Crippen molar-refractivity contribution in [3.8, 4) is 11.1 Å². The Kier molecular flexibility index (Phi) is 6.39. The van der Waals surface area contributed by atoms with E-state index in [0.717, 1.165) is 17.4 Å². The number of oxazole rings is 1. The van der Waals surface area contributed by atoms with Crippen LogP contribution in [0.4, 0.5) is 4.39 Å². The van der Waals surface area contributed by atoms with E-state index in [-0.39, 0.29) is 24.2 Å². The topological polar surface area (TPSA) is 95.3 Å². The molecule has 146 valence electrons. The highest BCUT2D eigenvalue weighted by molar-refractivity contribution is 5.92. The summed E-state index contributed by atoms with van der Waals surface area (Å²) in [6.07, 6.45) is 2.70. The van der Waals surface area contributed by atoms with Crippen molar-refractivity contribution in [1.82, 2.24) is 10.3 Å². The number of hydrogen-bond acceptors (Lipinski definition) is 4. The van der Waals surface area contributed by atoms with Crippen LogP contribution in [0.1, 0.15) is 28.9 Å². The van der Waals surface area contributed by atoms with Gasteiger partial charge in [-0.3, -0.25) is 9.78 Å². The van der Waals surface area contributed by atoms with Gasteiger partial charge in [0.05, 0.1) is 0 Å². The van der Waals surface area contributed by atoms with Gasteiger partial charge in [-0.15, -0.1) is 0 Å². The Labute approximate surface area is 161 Å². The summed E-state index contributed by atoms with van der Waals surface area (Å²) in [6.45, 7) is 0.0150. The minimum atomic E-state index is -0.694. The zero-order chi connectivity index (χ0) is 19.9. The van der Waals surface area contributed by atoms with Gasteiger partial charge >= 0.3 is 5.76 Å². The third-order valence-corrected chi connectivity index (χ3v) is 4.43. The fraction of sp³-hybridized carbons (Fsp3) is 0.238. The molecule has 7 heteroatoms. The van der Waals surface area contributed by atoms with E-state index in [0.29, 0.717) is 24.8 Å². The first kappa shape index (κ1) is 19.6. The minimum Gasteiger partial charge on any atom is -0.416 e. The van der Waals surface area contributed by atoms with Crippen molar-refractivity contribution in [3.63, 3.8) is 0 Å². The van der Waals surface area contributed by atoms with Crippen molar-refractivity contribution in [2.24, 2.45) is 0 Å². The SMILES string of the molecule is O=C(N[C@@H](CCCO)Cc1ccc(-c2ccccc2F)cc1)c1coc(=O)[nH]1. The molecule has 3 N–H and O–H groups in total. The summed E-state index contributed by atoms with van der Waals surface area (Å²) in [7, 11) is 0. The number of H-pyrrole nitrogens is 1. The number of carbonyl (C=O) groups is 1. The first-order valence-corrected chi connectivity index (χ1v) is 9.00. The number of aromatic amines is 1. The lowest BCUT2D eigenvalue weighted by Gasteiger charge is -2.18. The van der Waals surface area contributed by atoms with Gasteiger partial charge in [-0.05, 0) is 36.5 Å². The molecule has 1 heterocycles. The molecule has 1 aromatic heterocycles. The molecule has 0 aliphatic carbocycles. The maximum absolute atomic E-state index is 13.9. The minimum absolute atomic E-state index is 0.0150. The lowest BCUT2D eigenvalue weighted by atomic mass is 9.98. The zero-order valence-electron chi connectivity index (χ0n) is 15.2. The van der Waals surface area contributed by atoms with Crippen LogP contribution in [0.15, 0.2) is 64.0 Å². The lowest BCUT2D eigenvalue weighted by molar-refractivity contribution is 0.0927. The number of carbonyl (C=O) groups excluding carboxylic acids is 1. The van der Waals surface area contributed by atoms with Gasteiger partial charge in [-0.25, -0.2) is 9.18 Å². The van der Waals surface area contributed by atoms with Crippen molar-refractivity contribution in [1.29, 1.82) is 0 Å². The van der Waals surface area contributed by atoms with Gasteiger partial charge in [-0.1, -0.05) is 42.5 Å². The number of amides is 1. The van der Waals surface area contributed by atoms with Crippen LogP contribution in [0.25, 0.3) is 11.1 Å². The van der Waals surface area contributed by atoms with E-state index >= 15 is 0 Å². The van der Waals surface area contributed by atoms with Gasteiger partial charge in [-0.2, -0.15) is 0 Å². The molecule has 0 aliphatic rings. The molecular weight excluding hydrogens is 363 g/mol. The summed E-state index contributed by atoms with van der Waals surface area (Å²) in [4.78, 5) is 25.6. The molecule has 28 heavy (non-hydrogen) atoms. The zero-order valence-corrected chi connectivity index (χ0v) is 15.2. The number of rotatable bonds is 8. The average molecular weight is 384 g/mol. The summed E-state index contributed by atoms with van der Waals surface area (Å²) >= 11 is 0. The number of aromatic nitrogens is 1. The third-order valence-electron chi connectivity index (χ3n) is 4.43. The Morgan fingerprint density at radius 3 is 2.57 bits per heavy atom. The lowest BCUT2D eigenvalue weighted by Crippen LogP contribution is -2.37. The van der Waals surface area contributed by atoms with Gasteiger partial charge in [0.25, 0.3) is 5.91 Å². The molecule has 0 radical (unpaired) electrons. The van der Waals surface area contributed by atoms with Crippen LogP contribution < -0.4 is 11.1 Å². The molecule has 0 fully saturated rings. The third kappa shape index (κ3) is 4.95. The van der Waals surface area contributed by atoms with Gasteiger partial charge in [0.15, 0.2) is 0 Å². The second-order valence-electron chi connectivity index (χ2n) is 6.48. The van der Waals surface area contributed by atoms with E-state index < -0.39 is 11.7 Å². The van der Waals surface area contributed by atoms with Crippen LogP contribution >= 0.6 is 0 Å². The van der Waals surface area contributed by atoms with E-state index in [1.165, 1.54) is 6.07 Å². The number of hydrogen-bond donors (Lipinski definition) is 3. The van der Waals surface area contributed by atoms with E-state index in [1.54, 1.807) is 18.2 Å². The van der Waals surface area contributed by atoms with Crippen LogP contribution in [0.5, 0.6) is 0 Å². The van der Waals surface area contributed by atoms with Gasteiger partial charge in [0.1, 0.15) is 17.8 Å². The van der Waals surface area contributed by atoms with Crippen LogP contribution in [-0.2, 0) is 6.42 Å². The molecule has 0 saturated heterocycles. The van der Waals surface area contributed by atoms with E-state index in [4.69, 9.17) is 5.11 Å². The normalized spacial score (nSPS) is 11.9. The molecule has 1 atom stereocenters. The van der Waals surface area contributed by atoms with Crippen molar-refractivity contribution in [2.45, 2.75) is 25.3 Å². The number of aliphatic hydroxyl groups excluding tert-OH is 1. The average Bonchev–Trinajstić information content (AvgIpc) is 3.14. The second kappa shape index (κ2) is 9.14. The molecule has 1 amide bonds. The Bertz CT molecular complexity index is 978. The number of aliphatic hydroxyl groups is 1. The number of halogens is 1. The summed E-state index contributed by atoms with van der Waals surface area (Å²) in [5.74, 6) is -1.42. The molecule has 0 bridgehead atoms. The van der Waals surface area contributed by atoms with Crippen LogP contribution in [0.2, 0.25) is 0 Å². The van der Waals surface area contributed by atoms with Crippen molar-refractivity contribution < 1.29 is 18.7 Å². The molecule has 3 aromatic rings. The summed E-state index contributed by atoms with van der Waals surface area (Å²) in [6, 6.07) is 13.8. The van der Waals surface area contributed by atoms with Crippen molar-refractivity contribution in [3.05, 3.63) is 82.4 Å². The van der Waals surface area contributed by atoms with E-state index in [2.05, 4.69) is 14.7 Å². The first-order chi connectivity index (χ1) is 13.6. The number of benzene rings is 2. The molecule has 0 aliphatic heterocycles. The van der Waals surface area contributed by atoms with Gasteiger partial charge < -0.3 is 14.8 Å². The predicted octanol–water partition coefficient (Wildman–Crippen LogP) is 2.89. The van der Waals surface area contributed by atoms with Crippen molar-refractivity contribution in [2.75, 3.05) is 6.61 Å². The molecule has 6 nitrogen and oxygen atoms in total. The highest BCUT2D eigenvalue weighted by Crippen LogP contribution is 2.23. The van der Waals surface area contributed by atoms with Crippen LogP contribution in [-0.4, -0.2) is 28.6 Å². The quantitative estimate of drug-likeness (QED) is 0.556. The van der Waals surface area contributed by atoms with Crippen molar-refractivity contribution >= 4 is 5.91 Å². The van der Waals surface area contributed by atoms with E-state index in [1.807, 2.05) is 24.3 Å². The summed E-state index contributed by atoms with van der Waals surface area (Å²) in [5.41, 5.74) is 2.31. The molecular formula is C21H21FN2O4. The number of nitrogens with one attached hydrogen (secondary N) is 2. The van der Waals surface area contributed by atoms with Gasteiger partial charge in [0, 0.05) is 18.2 Å². The van der Waals surface area contributed by atoms with Crippen LogP contribution in [0, 0.1) is 5.82 Å². The smallest absolute Gasteiger partial charge is 0.416 e. The second-order valence-corrected chi connectivity index (χ2v) is 6.48. The van der Waals surface area contributed by atoms with Crippen LogP contribution in [0.3, 0.4) is 0 Å². The monoisotopic (exact) mass is 384 g/mol. The largest absolute Gasteiger partial charge is 0.416 e. The highest BCUT2D eigenvalue weighted by Gasteiger charge is 2.16. The Balaban J connectivity index is 1.70. The Hall–Kier alpha value is -3.19. The Morgan fingerprint density at radius 2 is 1.93 bits per heavy atom. The predicted molar refractivity (Wildman–Crippen MR) is 102 cm³/mol. The summed E-state index contributed by atoms with van der Waals surface area (Å²) < 4.78 is 18.5. The standard InChI is InChI=1S/C21H21FN2O4/c22-18-6-2-1-5-17(18)15-9-7-14(8-10-15)12-16(4-3-11-25)23-20(26)19-13-28-21(27)24-19/h1-2,5-10,13,16,25H,3-4,11-12H2,(H,23,26)(H,24,27)/t16-/m0/s1. The fourth-order valence-electron chi connectivity index (χ4n) is 3.02. The molecule has 2 aromatic carbocycles. The highest BCUT2D eigenvalue weighted by atomic mass is 19.1. The molecule has 3 rings (SSSR count).